The number of carbonyl (C=O) groups is 2. The second kappa shape index (κ2) is 7.24. The molecule has 0 bridgehead atoms. The Morgan fingerprint density at radius 2 is 2.23 bits per heavy atom. The minimum atomic E-state index is -0.343. The molecule has 2 fully saturated rings. The van der Waals surface area contributed by atoms with Crippen LogP contribution in [0.3, 0.4) is 0 Å². The summed E-state index contributed by atoms with van der Waals surface area (Å²) in [7, 11) is 0. The molecule has 6 heteroatoms. The molecule has 1 aromatic rings. The monoisotopic (exact) mass is 322 g/mol. The Kier molecular flexibility index (Phi) is 5.10. The van der Waals surface area contributed by atoms with Crippen LogP contribution in [0.25, 0.3) is 0 Å². The third-order valence-corrected chi connectivity index (χ3v) is 5.18. The molecule has 3 heterocycles. The molecule has 2 atom stereocenters. The largest absolute Gasteiger partial charge is 0.376 e. The summed E-state index contributed by atoms with van der Waals surface area (Å²) in [6.45, 7) is 2.00. The minimum Gasteiger partial charge on any atom is -0.376 e. The first-order valence-electron chi connectivity index (χ1n) is 7.99. The molecule has 0 aliphatic carbocycles. The number of piperidine rings is 1. The first kappa shape index (κ1) is 15.5. The lowest BCUT2D eigenvalue weighted by molar-refractivity contribution is -0.127. The number of hydrogen-bond acceptors (Lipinski definition) is 4. The Balaban J connectivity index is 1.61. The van der Waals surface area contributed by atoms with Crippen LogP contribution in [0.15, 0.2) is 17.5 Å². The number of ether oxygens (including phenoxy) is 1. The zero-order chi connectivity index (χ0) is 15.4. The summed E-state index contributed by atoms with van der Waals surface area (Å²) in [5, 5.41) is 4.86. The number of rotatable bonds is 4. The van der Waals surface area contributed by atoms with Crippen molar-refractivity contribution in [3.8, 4) is 0 Å². The number of nitrogens with one attached hydrogen (secondary N) is 1. The molecule has 0 aromatic carbocycles. The molecule has 2 unspecified atom stereocenters. The van der Waals surface area contributed by atoms with Gasteiger partial charge in [-0.05, 0) is 43.6 Å². The quantitative estimate of drug-likeness (QED) is 0.923. The Labute approximate surface area is 134 Å². The van der Waals surface area contributed by atoms with E-state index in [9.17, 15) is 9.59 Å². The fraction of sp³-hybridized carbons (Fsp3) is 0.625. The van der Waals surface area contributed by atoms with Crippen LogP contribution in [-0.2, 0) is 9.53 Å². The number of likely N-dealkylation sites (tertiary alicyclic amines) is 1. The van der Waals surface area contributed by atoms with E-state index in [4.69, 9.17) is 4.74 Å². The van der Waals surface area contributed by atoms with Crippen molar-refractivity contribution in [1.29, 1.82) is 0 Å². The standard InChI is InChI=1S/C16H22N2O3S/c19-15(17-11-12-5-3-9-21-12)13-6-1-2-8-18(13)16(20)14-7-4-10-22-14/h4,7,10,12-13H,1-3,5-6,8-9,11H2,(H,17,19). The van der Waals surface area contributed by atoms with E-state index in [1.165, 1.54) is 11.3 Å². The summed E-state index contributed by atoms with van der Waals surface area (Å²) in [5.41, 5.74) is 0. The predicted octanol–water partition coefficient (Wildman–Crippen LogP) is 2.04. The summed E-state index contributed by atoms with van der Waals surface area (Å²) < 4.78 is 5.53. The van der Waals surface area contributed by atoms with E-state index >= 15 is 0 Å². The molecule has 0 spiro atoms. The molecule has 1 N–H and O–H groups in total. The lowest BCUT2D eigenvalue weighted by Crippen LogP contribution is -2.52. The topological polar surface area (TPSA) is 58.6 Å². The van der Waals surface area contributed by atoms with Gasteiger partial charge in [0.15, 0.2) is 0 Å². The van der Waals surface area contributed by atoms with Gasteiger partial charge in [-0.25, -0.2) is 0 Å². The van der Waals surface area contributed by atoms with E-state index in [2.05, 4.69) is 5.32 Å². The van der Waals surface area contributed by atoms with Crippen LogP contribution in [0, 0.1) is 0 Å². The average Bonchev–Trinajstić information content (AvgIpc) is 3.25. The summed E-state index contributed by atoms with van der Waals surface area (Å²) in [6.07, 6.45) is 4.90. The van der Waals surface area contributed by atoms with Gasteiger partial charge in [0.25, 0.3) is 5.91 Å². The third kappa shape index (κ3) is 3.50. The SMILES string of the molecule is O=C(NCC1CCCO1)C1CCCCN1C(=O)c1cccs1. The van der Waals surface area contributed by atoms with Crippen LogP contribution in [0.4, 0.5) is 0 Å². The minimum absolute atomic E-state index is 0.0213. The number of carbonyl (C=O) groups excluding carboxylic acids is 2. The van der Waals surface area contributed by atoms with Crippen LogP contribution in [-0.4, -0.2) is 48.6 Å². The Morgan fingerprint density at radius 3 is 2.95 bits per heavy atom. The number of hydrogen-bond donors (Lipinski definition) is 1. The molecular formula is C16H22N2O3S. The van der Waals surface area contributed by atoms with E-state index in [0.717, 1.165) is 38.7 Å². The van der Waals surface area contributed by atoms with Gasteiger partial charge in [-0.1, -0.05) is 6.07 Å². The maximum Gasteiger partial charge on any atom is 0.264 e. The summed E-state index contributed by atoms with van der Waals surface area (Å²) in [6, 6.07) is 3.35. The van der Waals surface area contributed by atoms with Gasteiger partial charge in [0, 0.05) is 19.7 Å². The van der Waals surface area contributed by atoms with Crippen LogP contribution in [0.2, 0.25) is 0 Å². The van der Waals surface area contributed by atoms with Crippen LogP contribution in [0.1, 0.15) is 41.8 Å². The zero-order valence-electron chi connectivity index (χ0n) is 12.6. The van der Waals surface area contributed by atoms with Gasteiger partial charge in [-0.2, -0.15) is 0 Å². The highest BCUT2D eigenvalue weighted by Gasteiger charge is 2.33. The first-order chi connectivity index (χ1) is 10.8. The second-order valence-electron chi connectivity index (χ2n) is 5.87. The van der Waals surface area contributed by atoms with E-state index < -0.39 is 0 Å². The van der Waals surface area contributed by atoms with Crippen molar-refractivity contribution in [3.63, 3.8) is 0 Å². The van der Waals surface area contributed by atoms with Gasteiger partial charge >= 0.3 is 0 Å². The Morgan fingerprint density at radius 1 is 1.32 bits per heavy atom. The van der Waals surface area contributed by atoms with E-state index in [0.29, 0.717) is 18.0 Å². The fourth-order valence-electron chi connectivity index (χ4n) is 3.13. The van der Waals surface area contributed by atoms with Gasteiger partial charge < -0.3 is 15.0 Å². The summed E-state index contributed by atoms with van der Waals surface area (Å²) in [5.74, 6) is -0.0629. The predicted molar refractivity (Wildman–Crippen MR) is 85.0 cm³/mol. The molecule has 120 valence electrons. The summed E-state index contributed by atoms with van der Waals surface area (Å²) >= 11 is 1.43. The van der Waals surface area contributed by atoms with Gasteiger partial charge in [-0.15, -0.1) is 11.3 Å². The normalized spacial score (nSPS) is 25.2. The number of thiophene rings is 1. The van der Waals surface area contributed by atoms with Gasteiger partial charge in [-0.3, -0.25) is 9.59 Å². The maximum absolute atomic E-state index is 12.6. The van der Waals surface area contributed by atoms with E-state index in [-0.39, 0.29) is 24.0 Å². The number of nitrogens with zero attached hydrogens (tertiary/aromatic N) is 1. The highest BCUT2D eigenvalue weighted by Crippen LogP contribution is 2.22. The first-order valence-corrected chi connectivity index (χ1v) is 8.87. The molecular weight excluding hydrogens is 300 g/mol. The van der Waals surface area contributed by atoms with Crippen LogP contribution < -0.4 is 5.32 Å². The van der Waals surface area contributed by atoms with Gasteiger partial charge in [0.1, 0.15) is 6.04 Å². The smallest absolute Gasteiger partial charge is 0.264 e. The fourth-order valence-corrected chi connectivity index (χ4v) is 3.81. The van der Waals surface area contributed by atoms with Crippen LogP contribution in [0.5, 0.6) is 0 Å². The molecule has 2 aliphatic rings. The maximum atomic E-state index is 12.6. The molecule has 2 saturated heterocycles. The van der Waals surface area contributed by atoms with Crippen molar-refractivity contribution >= 4 is 23.2 Å². The number of amides is 2. The Hall–Kier alpha value is -1.40. The average molecular weight is 322 g/mol. The van der Waals surface area contributed by atoms with E-state index in [1.807, 2.05) is 17.5 Å². The van der Waals surface area contributed by atoms with Crippen molar-refractivity contribution in [2.24, 2.45) is 0 Å². The molecule has 1 aromatic heterocycles. The highest BCUT2D eigenvalue weighted by atomic mass is 32.1. The molecule has 0 saturated carbocycles. The second-order valence-corrected chi connectivity index (χ2v) is 6.82. The molecule has 0 radical (unpaired) electrons. The summed E-state index contributed by atoms with van der Waals surface area (Å²) in [4.78, 5) is 27.5. The van der Waals surface area contributed by atoms with E-state index in [1.54, 1.807) is 4.90 Å². The van der Waals surface area contributed by atoms with Crippen LogP contribution >= 0.6 is 11.3 Å². The molecule has 3 rings (SSSR count). The highest BCUT2D eigenvalue weighted by molar-refractivity contribution is 7.12. The lowest BCUT2D eigenvalue weighted by Gasteiger charge is -2.34. The van der Waals surface area contributed by atoms with Crippen molar-refractivity contribution < 1.29 is 14.3 Å². The van der Waals surface area contributed by atoms with Crippen molar-refractivity contribution in [2.75, 3.05) is 19.7 Å². The zero-order valence-corrected chi connectivity index (χ0v) is 13.4. The Bertz CT molecular complexity index is 511. The molecule has 2 amide bonds. The van der Waals surface area contributed by atoms with Crippen molar-refractivity contribution in [2.45, 2.75) is 44.2 Å². The van der Waals surface area contributed by atoms with Crippen molar-refractivity contribution in [3.05, 3.63) is 22.4 Å². The molecule has 2 aliphatic heterocycles. The molecule has 22 heavy (non-hydrogen) atoms. The van der Waals surface area contributed by atoms with Crippen molar-refractivity contribution in [1.82, 2.24) is 10.2 Å². The lowest BCUT2D eigenvalue weighted by atomic mass is 10.0. The molecule has 5 nitrogen and oxygen atoms in total. The van der Waals surface area contributed by atoms with Gasteiger partial charge in [0.2, 0.25) is 5.91 Å². The third-order valence-electron chi connectivity index (χ3n) is 4.33. The van der Waals surface area contributed by atoms with Gasteiger partial charge in [0.05, 0.1) is 11.0 Å².